The molecule has 0 spiro atoms. The van der Waals surface area contributed by atoms with Gasteiger partial charge >= 0.3 is 5.97 Å². The van der Waals surface area contributed by atoms with Crippen molar-refractivity contribution in [3.05, 3.63) is 35.9 Å². The van der Waals surface area contributed by atoms with Crippen LogP contribution < -0.4 is 4.74 Å². The summed E-state index contributed by atoms with van der Waals surface area (Å²) in [5.41, 5.74) is 1.09. The highest BCUT2D eigenvalue weighted by Crippen LogP contribution is 2.12. The maximum atomic E-state index is 10.3. The number of unbranched alkanes of at least 4 members (excludes halogenated alkanes) is 1. The molecule has 0 amide bonds. The first kappa shape index (κ1) is 12.3. The molecule has 0 bridgehead atoms. The fourth-order valence-corrected chi connectivity index (χ4v) is 1.31. The van der Waals surface area contributed by atoms with E-state index < -0.39 is 5.97 Å². The maximum Gasteiger partial charge on any atom is 0.303 e. The van der Waals surface area contributed by atoms with Crippen LogP contribution in [0.25, 0.3) is 6.08 Å². The number of methoxy groups -OCH3 is 1. The van der Waals surface area contributed by atoms with Crippen molar-refractivity contribution in [2.45, 2.75) is 19.3 Å². The lowest BCUT2D eigenvalue weighted by Gasteiger charge is -1.98. The molecular weight excluding hydrogens is 204 g/mol. The van der Waals surface area contributed by atoms with Crippen molar-refractivity contribution in [3.8, 4) is 5.75 Å². The second-order valence-corrected chi connectivity index (χ2v) is 3.46. The Morgan fingerprint density at radius 3 is 2.62 bits per heavy atom. The predicted molar refractivity (Wildman–Crippen MR) is 63.5 cm³/mol. The Kier molecular flexibility index (Phi) is 5.12. The SMILES string of the molecule is COc1ccc(/C=C/CCCC(=O)O)cc1. The lowest BCUT2D eigenvalue weighted by molar-refractivity contribution is -0.137. The largest absolute Gasteiger partial charge is 0.497 e. The standard InChI is InChI=1S/C13H16O3/c1-16-12-9-7-11(8-10-12)5-3-2-4-6-13(14)15/h3,5,7-10H,2,4,6H2,1H3,(H,14,15)/b5-3+. The zero-order valence-corrected chi connectivity index (χ0v) is 9.35. The summed E-state index contributed by atoms with van der Waals surface area (Å²) in [4.78, 5) is 10.3. The summed E-state index contributed by atoms with van der Waals surface area (Å²) in [6.45, 7) is 0. The fourth-order valence-electron chi connectivity index (χ4n) is 1.31. The Balaban J connectivity index is 2.35. The normalized spacial score (nSPS) is 10.6. The lowest BCUT2D eigenvalue weighted by atomic mass is 10.1. The third-order valence-electron chi connectivity index (χ3n) is 2.19. The first-order valence-electron chi connectivity index (χ1n) is 5.25. The van der Waals surface area contributed by atoms with Crippen molar-refractivity contribution in [2.24, 2.45) is 0 Å². The van der Waals surface area contributed by atoms with Gasteiger partial charge in [-0.25, -0.2) is 0 Å². The molecule has 86 valence electrons. The van der Waals surface area contributed by atoms with Crippen molar-refractivity contribution in [1.82, 2.24) is 0 Å². The van der Waals surface area contributed by atoms with E-state index in [9.17, 15) is 4.79 Å². The number of carboxylic acids is 1. The molecule has 1 rings (SSSR count). The van der Waals surface area contributed by atoms with E-state index in [4.69, 9.17) is 9.84 Å². The van der Waals surface area contributed by atoms with Gasteiger partial charge in [0.1, 0.15) is 5.75 Å². The quantitative estimate of drug-likeness (QED) is 0.750. The molecule has 0 aliphatic carbocycles. The van der Waals surface area contributed by atoms with Gasteiger partial charge in [-0.2, -0.15) is 0 Å². The Morgan fingerprint density at radius 2 is 2.06 bits per heavy atom. The molecule has 16 heavy (non-hydrogen) atoms. The van der Waals surface area contributed by atoms with Crippen molar-refractivity contribution < 1.29 is 14.6 Å². The highest BCUT2D eigenvalue weighted by molar-refractivity contribution is 5.66. The van der Waals surface area contributed by atoms with Crippen LogP contribution in [0, 0.1) is 0 Å². The van der Waals surface area contributed by atoms with Crippen LogP contribution in [0.5, 0.6) is 5.75 Å². The molecular formula is C13H16O3. The second-order valence-electron chi connectivity index (χ2n) is 3.46. The first-order valence-corrected chi connectivity index (χ1v) is 5.25. The average molecular weight is 220 g/mol. The Bertz CT molecular complexity index is 352. The highest BCUT2D eigenvalue weighted by atomic mass is 16.5. The van der Waals surface area contributed by atoms with Gasteiger partial charge in [-0.1, -0.05) is 24.3 Å². The monoisotopic (exact) mass is 220 g/mol. The molecule has 0 unspecified atom stereocenters. The van der Waals surface area contributed by atoms with Crippen molar-refractivity contribution in [3.63, 3.8) is 0 Å². The van der Waals surface area contributed by atoms with Gasteiger partial charge in [-0.15, -0.1) is 0 Å². The number of benzene rings is 1. The molecule has 0 radical (unpaired) electrons. The fraction of sp³-hybridized carbons (Fsp3) is 0.308. The third kappa shape index (κ3) is 4.64. The van der Waals surface area contributed by atoms with Gasteiger partial charge in [0.2, 0.25) is 0 Å². The topological polar surface area (TPSA) is 46.5 Å². The number of rotatable bonds is 6. The van der Waals surface area contributed by atoms with Crippen LogP contribution in [0.3, 0.4) is 0 Å². The minimum absolute atomic E-state index is 0.229. The molecule has 0 atom stereocenters. The zero-order chi connectivity index (χ0) is 11.8. The number of hydrogen-bond acceptors (Lipinski definition) is 2. The molecule has 1 N–H and O–H groups in total. The van der Waals surface area contributed by atoms with Crippen LogP contribution in [-0.4, -0.2) is 18.2 Å². The molecule has 3 heteroatoms. The molecule has 0 fully saturated rings. The van der Waals surface area contributed by atoms with E-state index in [1.807, 2.05) is 36.4 Å². The summed E-state index contributed by atoms with van der Waals surface area (Å²) in [6, 6.07) is 7.73. The number of carbonyl (C=O) groups is 1. The van der Waals surface area contributed by atoms with Crippen molar-refractivity contribution >= 4 is 12.0 Å². The van der Waals surface area contributed by atoms with E-state index in [2.05, 4.69) is 0 Å². The number of ether oxygens (including phenoxy) is 1. The van der Waals surface area contributed by atoms with Crippen molar-refractivity contribution in [1.29, 1.82) is 0 Å². The zero-order valence-electron chi connectivity index (χ0n) is 9.35. The van der Waals surface area contributed by atoms with Crippen LogP contribution in [0.15, 0.2) is 30.3 Å². The predicted octanol–water partition coefficient (Wildman–Crippen LogP) is 2.96. The van der Waals surface area contributed by atoms with Crippen LogP contribution in [-0.2, 0) is 4.79 Å². The third-order valence-corrected chi connectivity index (χ3v) is 2.19. The summed E-state index contributed by atoms with van der Waals surface area (Å²) in [5, 5.41) is 8.45. The number of aliphatic carboxylic acids is 1. The lowest BCUT2D eigenvalue weighted by Crippen LogP contribution is -1.92. The van der Waals surface area contributed by atoms with E-state index in [1.54, 1.807) is 7.11 Å². The summed E-state index contributed by atoms with van der Waals surface area (Å²) in [5.74, 6) is 0.0980. The maximum absolute atomic E-state index is 10.3. The first-order chi connectivity index (χ1) is 7.72. The average Bonchev–Trinajstić information content (AvgIpc) is 2.29. The molecule has 3 nitrogen and oxygen atoms in total. The van der Waals surface area contributed by atoms with Gasteiger partial charge < -0.3 is 9.84 Å². The van der Waals surface area contributed by atoms with E-state index in [1.165, 1.54) is 0 Å². The van der Waals surface area contributed by atoms with Crippen LogP contribution in [0.4, 0.5) is 0 Å². The van der Waals surface area contributed by atoms with Crippen LogP contribution in [0.2, 0.25) is 0 Å². The molecule has 1 aromatic rings. The summed E-state index contributed by atoms with van der Waals surface area (Å²) in [7, 11) is 1.64. The number of hydrogen-bond donors (Lipinski definition) is 1. The second kappa shape index (κ2) is 6.67. The minimum atomic E-state index is -0.738. The van der Waals surface area contributed by atoms with Crippen molar-refractivity contribution in [2.75, 3.05) is 7.11 Å². The van der Waals surface area contributed by atoms with Gasteiger partial charge in [0.15, 0.2) is 0 Å². The number of allylic oxidation sites excluding steroid dienone is 1. The summed E-state index contributed by atoms with van der Waals surface area (Å²) >= 11 is 0. The molecule has 0 aliphatic rings. The van der Waals surface area contributed by atoms with E-state index >= 15 is 0 Å². The van der Waals surface area contributed by atoms with E-state index in [-0.39, 0.29) is 6.42 Å². The summed E-state index contributed by atoms with van der Waals surface area (Å²) in [6.07, 6.45) is 5.68. The van der Waals surface area contributed by atoms with Gasteiger partial charge in [-0.3, -0.25) is 4.79 Å². The Morgan fingerprint density at radius 1 is 1.38 bits per heavy atom. The molecule has 0 heterocycles. The van der Waals surface area contributed by atoms with Gasteiger partial charge in [0, 0.05) is 6.42 Å². The minimum Gasteiger partial charge on any atom is -0.497 e. The molecule has 0 aliphatic heterocycles. The van der Waals surface area contributed by atoms with E-state index in [0.29, 0.717) is 6.42 Å². The number of carboxylic acid groups (broad SMARTS) is 1. The highest BCUT2D eigenvalue weighted by Gasteiger charge is 1.94. The van der Waals surface area contributed by atoms with E-state index in [0.717, 1.165) is 17.7 Å². The molecule has 0 saturated heterocycles. The van der Waals surface area contributed by atoms with Crippen LogP contribution in [0.1, 0.15) is 24.8 Å². The van der Waals surface area contributed by atoms with Gasteiger partial charge in [-0.05, 0) is 30.5 Å². The smallest absolute Gasteiger partial charge is 0.303 e. The molecule has 0 aromatic heterocycles. The summed E-state index contributed by atoms with van der Waals surface area (Å²) < 4.78 is 5.05. The Labute approximate surface area is 95.4 Å². The molecule has 1 aromatic carbocycles. The van der Waals surface area contributed by atoms with Crippen LogP contribution >= 0.6 is 0 Å². The van der Waals surface area contributed by atoms with Gasteiger partial charge in [0.05, 0.1) is 7.11 Å². The van der Waals surface area contributed by atoms with Gasteiger partial charge in [0.25, 0.3) is 0 Å². The Hall–Kier alpha value is -1.77. The molecule has 0 saturated carbocycles.